The lowest BCUT2D eigenvalue weighted by atomic mass is 10.4. The Bertz CT molecular complexity index is 413. The van der Waals surface area contributed by atoms with Crippen LogP contribution in [0.4, 0.5) is 0 Å². The quantitative estimate of drug-likeness (QED) is 0.809. The molecule has 0 aliphatic rings. The molecule has 0 aliphatic carbocycles. The van der Waals surface area contributed by atoms with Crippen LogP contribution in [0.2, 0.25) is 0 Å². The highest BCUT2D eigenvalue weighted by atomic mass is 32.2. The summed E-state index contributed by atoms with van der Waals surface area (Å²) >= 11 is 0. The van der Waals surface area contributed by atoms with Crippen molar-refractivity contribution in [3.8, 4) is 0 Å². The minimum Gasteiger partial charge on any atom is -0.390 e. The molecule has 6 heteroatoms. The summed E-state index contributed by atoms with van der Waals surface area (Å²) in [4.78, 5) is 0.221. The molecular formula is C9H16N2O3S. The fraction of sp³-hybridized carbons (Fsp3) is 0.556. The van der Waals surface area contributed by atoms with Crippen molar-refractivity contribution in [1.29, 1.82) is 0 Å². The van der Waals surface area contributed by atoms with Gasteiger partial charge in [0.05, 0.1) is 6.61 Å². The second-order valence-corrected chi connectivity index (χ2v) is 5.55. The van der Waals surface area contributed by atoms with Crippen molar-refractivity contribution >= 4 is 10.0 Å². The van der Waals surface area contributed by atoms with Crippen LogP contribution in [-0.4, -0.2) is 36.5 Å². The number of aromatic nitrogens is 1. The number of hydrogen-bond acceptors (Lipinski definition) is 3. The van der Waals surface area contributed by atoms with Gasteiger partial charge in [0.2, 0.25) is 10.0 Å². The first kappa shape index (κ1) is 12.2. The van der Waals surface area contributed by atoms with Crippen LogP contribution in [-0.2, 0) is 23.2 Å². The Morgan fingerprint density at radius 3 is 2.40 bits per heavy atom. The van der Waals surface area contributed by atoms with Crippen LogP contribution in [0.25, 0.3) is 0 Å². The molecule has 0 fully saturated rings. The van der Waals surface area contributed by atoms with E-state index in [9.17, 15) is 8.42 Å². The summed E-state index contributed by atoms with van der Waals surface area (Å²) in [6.45, 7) is 2.38. The fourth-order valence-corrected chi connectivity index (χ4v) is 2.27. The van der Waals surface area contributed by atoms with Gasteiger partial charge in [-0.3, -0.25) is 0 Å². The smallest absolute Gasteiger partial charge is 0.244 e. The van der Waals surface area contributed by atoms with Gasteiger partial charge in [0.15, 0.2) is 0 Å². The van der Waals surface area contributed by atoms with Gasteiger partial charge in [-0.05, 0) is 13.0 Å². The fourth-order valence-electron chi connectivity index (χ4n) is 1.30. The first-order valence-corrected chi connectivity index (χ1v) is 6.10. The number of aryl methyl sites for hydroxylation is 1. The van der Waals surface area contributed by atoms with Crippen LogP contribution in [0.1, 0.15) is 12.6 Å². The van der Waals surface area contributed by atoms with Gasteiger partial charge in [-0.1, -0.05) is 0 Å². The maximum atomic E-state index is 11.8. The van der Waals surface area contributed by atoms with Gasteiger partial charge >= 0.3 is 0 Å². The van der Waals surface area contributed by atoms with Crippen molar-refractivity contribution in [3.05, 3.63) is 18.0 Å². The van der Waals surface area contributed by atoms with Gasteiger partial charge < -0.3 is 9.67 Å². The molecule has 15 heavy (non-hydrogen) atoms. The minimum atomic E-state index is -3.40. The second-order valence-electron chi connectivity index (χ2n) is 3.40. The van der Waals surface area contributed by atoms with E-state index in [4.69, 9.17) is 5.11 Å². The molecule has 1 N–H and O–H groups in total. The summed E-state index contributed by atoms with van der Waals surface area (Å²) in [7, 11) is -0.431. The Morgan fingerprint density at radius 1 is 1.47 bits per heavy atom. The molecule has 0 atom stereocenters. The topological polar surface area (TPSA) is 62.5 Å². The molecular weight excluding hydrogens is 216 g/mol. The van der Waals surface area contributed by atoms with E-state index >= 15 is 0 Å². The lowest BCUT2D eigenvalue weighted by Gasteiger charge is -2.08. The predicted molar refractivity (Wildman–Crippen MR) is 56.9 cm³/mol. The number of aliphatic hydroxyl groups excluding tert-OH is 1. The van der Waals surface area contributed by atoms with Crippen LogP contribution in [0.3, 0.4) is 0 Å². The molecule has 5 nitrogen and oxygen atoms in total. The summed E-state index contributed by atoms with van der Waals surface area (Å²) in [6.07, 6.45) is 1.54. The van der Waals surface area contributed by atoms with E-state index in [0.29, 0.717) is 12.2 Å². The Labute approximate surface area is 90.0 Å². The average Bonchev–Trinajstić information content (AvgIpc) is 2.60. The molecule has 1 aromatic rings. The largest absolute Gasteiger partial charge is 0.390 e. The van der Waals surface area contributed by atoms with Crippen LogP contribution < -0.4 is 0 Å². The zero-order chi connectivity index (χ0) is 11.6. The standard InChI is InChI=1S/C9H16N2O3S/c1-4-11-6-9(5-8(11)7-12)15(13,14)10(2)3/h5-6,12H,4,7H2,1-3H3. The molecule has 1 aromatic heterocycles. The van der Waals surface area contributed by atoms with Crippen LogP contribution in [0.15, 0.2) is 17.2 Å². The molecule has 0 bridgehead atoms. The molecule has 0 amide bonds. The molecule has 0 radical (unpaired) electrons. The zero-order valence-electron chi connectivity index (χ0n) is 9.14. The summed E-state index contributed by atoms with van der Waals surface area (Å²) < 4.78 is 26.4. The third-order valence-corrected chi connectivity index (χ3v) is 4.02. The maximum absolute atomic E-state index is 11.8. The van der Waals surface area contributed by atoms with Gasteiger partial charge in [-0.2, -0.15) is 0 Å². The molecule has 86 valence electrons. The molecule has 0 aromatic carbocycles. The van der Waals surface area contributed by atoms with E-state index in [2.05, 4.69) is 0 Å². The van der Waals surface area contributed by atoms with E-state index in [1.165, 1.54) is 20.2 Å². The van der Waals surface area contributed by atoms with Crippen molar-refractivity contribution in [2.24, 2.45) is 0 Å². The zero-order valence-corrected chi connectivity index (χ0v) is 9.95. The van der Waals surface area contributed by atoms with Gasteiger partial charge in [-0.15, -0.1) is 0 Å². The Balaban J connectivity index is 3.23. The number of aliphatic hydroxyl groups is 1. The van der Waals surface area contributed by atoms with Crippen LogP contribution in [0.5, 0.6) is 0 Å². The maximum Gasteiger partial charge on any atom is 0.244 e. The highest BCUT2D eigenvalue weighted by Gasteiger charge is 2.20. The van der Waals surface area contributed by atoms with E-state index in [1.54, 1.807) is 10.8 Å². The Kier molecular flexibility index (Phi) is 3.54. The van der Waals surface area contributed by atoms with Crippen molar-refractivity contribution in [3.63, 3.8) is 0 Å². The van der Waals surface area contributed by atoms with Gasteiger partial charge in [0.25, 0.3) is 0 Å². The summed E-state index contributed by atoms with van der Waals surface area (Å²) in [5.41, 5.74) is 0.609. The first-order chi connectivity index (χ1) is 6.93. The average molecular weight is 232 g/mol. The predicted octanol–water partition coefficient (Wildman–Crippen LogP) is 0.251. The third kappa shape index (κ3) is 2.22. The number of hydrogen-bond donors (Lipinski definition) is 1. The SMILES string of the molecule is CCn1cc(S(=O)(=O)N(C)C)cc1CO. The van der Waals surface area contributed by atoms with Crippen LogP contribution >= 0.6 is 0 Å². The summed E-state index contributed by atoms with van der Waals surface area (Å²) in [5, 5.41) is 9.04. The highest BCUT2D eigenvalue weighted by Crippen LogP contribution is 2.17. The van der Waals surface area contributed by atoms with E-state index < -0.39 is 10.0 Å². The molecule has 0 spiro atoms. The van der Waals surface area contributed by atoms with Gasteiger partial charge in [-0.25, -0.2) is 12.7 Å². The van der Waals surface area contributed by atoms with Crippen LogP contribution in [0, 0.1) is 0 Å². The summed E-state index contributed by atoms with van der Waals surface area (Å²) in [5.74, 6) is 0. The minimum absolute atomic E-state index is 0.156. The summed E-state index contributed by atoms with van der Waals surface area (Å²) in [6, 6.07) is 1.50. The normalized spacial score (nSPS) is 12.3. The monoisotopic (exact) mass is 232 g/mol. The number of rotatable bonds is 4. The number of nitrogens with zero attached hydrogens (tertiary/aromatic N) is 2. The van der Waals surface area contributed by atoms with E-state index in [0.717, 1.165) is 4.31 Å². The highest BCUT2D eigenvalue weighted by molar-refractivity contribution is 7.89. The van der Waals surface area contributed by atoms with Crippen molar-refractivity contribution in [1.82, 2.24) is 8.87 Å². The molecule has 0 unspecified atom stereocenters. The molecule has 0 saturated carbocycles. The molecule has 0 saturated heterocycles. The van der Waals surface area contributed by atoms with Crippen molar-refractivity contribution in [2.75, 3.05) is 14.1 Å². The van der Waals surface area contributed by atoms with E-state index in [-0.39, 0.29) is 11.5 Å². The third-order valence-electron chi connectivity index (χ3n) is 2.24. The molecule has 1 heterocycles. The van der Waals surface area contributed by atoms with Gasteiger partial charge in [0.1, 0.15) is 4.90 Å². The van der Waals surface area contributed by atoms with Crippen molar-refractivity contribution < 1.29 is 13.5 Å². The molecule has 0 aliphatic heterocycles. The van der Waals surface area contributed by atoms with Crippen molar-refractivity contribution in [2.45, 2.75) is 25.0 Å². The Morgan fingerprint density at radius 2 is 2.07 bits per heavy atom. The first-order valence-electron chi connectivity index (χ1n) is 4.66. The van der Waals surface area contributed by atoms with Gasteiger partial charge in [0, 0.05) is 32.5 Å². The lowest BCUT2D eigenvalue weighted by Crippen LogP contribution is -2.21. The lowest BCUT2D eigenvalue weighted by molar-refractivity contribution is 0.271. The number of sulfonamides is 1. The second kappa shape index (κ2) is 4.34. The Hall–Kier alpha value is -0.850. The molecule has 1 rings (SSSR count). The van der Waals surface area contributed by atoms with E-state index in [1.807, 2.05) is 6.92 Å².